The van der Waals surface area contributed by atoms with Crippen molar-refractivity contribution in [1.29, 1.82) is 0 Å². The molecule has 1 aliphatic carbocycles. The van der Waals surface area contributed by atoms with Crippen LogP contribution in [0.15, 0.2) is 60.7 Å². The van der Waals surface area contributed by atoms with Crippen molar-refractivity contribution in [2.45, 2.75) is 38.0 Å². The maximum atomic E-state index is 14.7. The number of halogens is 3. The quantitative estimate of drug-likeness (QED) is 0.450. The fourth-order valence-electron chi connectivity index (χ4n) is 4.01. The van der Waals surface area contributed by atoms with Gasteiger partial charge in [-0.25, -0.2) is 13.2 Å². The van der Waals surface area contributed by atoms with Gasteiger partial charge in [0.2, 0.25) is 0 Å². The zero-order valence-corrected chi connectivity index (χ0v) is 15.0. The molecule has 3 aromatic rings. The summed E-state index contributed by atoms with van der Waals surface area (Å²) in [7, 11) is 0. The zero-order valence-electron chi connectivity index (χ0n) is 15.0. The normalized spacial score (nSPS) is 15.1. The van der Waals surface area contributed by atoms with E-state index in [2.05, 4.69) is 12.1 Å². The van der Waals surface area contributed by atoms with Gasteiger partial charge < -0.3 is 0 Å². The standard InChI is InChI=1S/C24H21F3/c25-22-8-4-7-21(24(22)27)19-13-14-20(23(26)15-19)18-11-9-17(10-12-18)16-5-2-1-3-6-16/h4,7-16H,1-3,5-6H2. The first kappa shape index (κ1) is 17.8. The van der Waals surface area contributed by atoms with Crippen molar-refractivity contribution in [2.24, 2.45) is 0 Å². The number of benzene rings is 3. The summed E-state index contributed by atoms with van der Waals surface area (Å²) in [6.07, 6.45) is 6.32. The van der Waals surface area contributed by atoms with Crippen molar-refractivity contribution in [2.75, 3.05) is 0 Å². The van der Waals surface area contributed by atoms with Gasteiger partial charge in [0.05, 0.1) is 0 Å². The van der Waals surface area contributed by atoms with E-state index in [1.54, 1.807) is 12.1 Å². The van der Waals surface area contributed by atoms with Gasteiger partial charge >= 0.3 is 0 Å². The van der Waals surface area contributed by atoms with Crippen LogP contribution in [0.5, 0.6) is 0 Å². The molecule has 0 unspecified atom stereocenters. The molecular formula is C24H21F3. The summed E-state index contributed by atoms with van der Waals surface area (Å²) in [6, 6.07) is 16.5. The van der Waals surface area contributed by atoms with Crippen molar-refractivity contribution < 1.29 is 13.2 Å². The first-order valence-corrected chi connectivity index (χ1v) is 9.48. The summed E-state index contributed by atoms with van der Waals surface area (Å²) in [5.41, 5.74) is 2.96. The Labute approximate surface area is 157 Å². The second-order valence-electron chi connectivity index (χ2n) is 7.25. The molecule has 0 nitrogen and oxygen atoms in total. The largest absolute Gasteiger partial charge is 0.206 e. The average Bonchev–Trinajstić information content (AvgIpc) is 2.71. The SMILES string of the molecule is Fc1cc(-c2cccc(F)c2F)ccc1-c1ccc(C2CCCCC2)cc1. The Bertz CT molecular complexity index is 938. The molecule has 27 heavy (non-hydrogen) atoms. The van der Waals surface area contributed by atoms with E-state index in [1.807, 2.05) is 12.1 Å². The van der Waals surface area contributed by atoms with Crippen molar-refractivity contribution >= 4 is 0 Å². The molecule has 4 rings (SSSR count). The van der Waals surface area contributed by atoms with E-state index in [-0.39, 0.29) is 5.56 Å². The zero-order chi connectivity index (χ0) is 18.8. The predicted octanol–water partition coefficient (Wildman–Crippen LogP) is 7.49. The minimum atomic E-state index is -0.957. The van der Waals surface area contributed by atoms with Gasteiger partial charge in [-0.05, 0) is 47.6 Å². The second-order valence-corrected chi connectivity index (χ2v) is 7.25. The minimum absolute atomic E-state index is 0.0631. The molecule has 0 radical (unpaired) electrons. The third-order valence-electron chi connectivity index (χ3n) is 5.53. The Hall–Kier alpha value is -2.55. The molecule has 0 spiro atoms. The second kappa shape index (κ2) is 7.59. The van der Waals surface area contributed by atoms with Crippen molar-refractivity contribution in [1.82, 2.24) is 0 Å². The monoisotopic (exact) mass is 366 g/mol. The summed E-state index contributed by atoms with van der Waals surface area (Å²) < 4.78 is 42.1. The number of hydrogen-bond acceptors (Lipinski definition) is 0. The molecule has 138 valence electrons. The topological polar surface area (TPSA) is 0 Å². The molecule has 0 N–H and O–H groups in total. The van der Waals surface area contributed by atoms with Gasteiger partial charge in [-0.15, -0.1) is 0 Å². The summed E-state index contributed by atoms with van der Waals surface area (Å²) in [4.78, 5) is 0. The number of rotatable bonds is 3. The van der Waals surface area contributed by atoms with E-state index < -0.39 is 17.5 Å². The highest BCUT2D eigenvalue weighted by atomic mass is 19.2. The fourth-order valence-corrected chi connectivity index (χ4v) is 4.01. The average molecular weight is 366 g/mol. The molecule has 1 saturated carbocycles. The first-order valence-electron chi connectivity index (χ1n) is 9.48. The van der Waals surface area contributed by atoms with E-state index in [0.29, 0.717) is 17.0 Å². The first-order chi connectivity index (χ1) is 13.1. The van der Waals surface area contributed by atoms with Gasteiger partial charge in [0.15, 0.2) is 11.6 Å². The van der Waals surface area contributed by atoms with E-state index in [0.717, 1.165) is 11.6 Å². The van der Waals surface area contributed by atoms with Crippen LogP contribution in [0.25, 0.3) is 22.3 Å². The molecule has 1 aliphatic rings. The molecule has 1 fully saturated rings. The third kappa shape index (κ3) is 3.64. The Kier molecular flexibility index (Phi) is 5.02. The van der Waals surface area contributed by atoms with E-state index in [1.165, 1.54) is 55.9 Å². The van der Waals surface area contributed by atoms with Crippen LogP contribution in [0, 0.1) is 17.5 Å². The summed E-state index contributed by atoms with van der Waals surface area (Å²) >= 11 is 0. The van der Waals surface area contributed by atoms with Gasteiger partial charge in [-0.2, -0.15) is 0 Å². The summed E-state index contributed by atoms with van der Waals surface area (Å²) in [5, 5.41) is 0. The summed E-state index contributed by atoms with van der Waals surface area (Å²) in [6.45, 7) is 0. The molecule has 0 aliphatic heterocycles. The van der Waals surface area contributed by atoms with Crippen LogP contribution in [0.1, 0.15) is 43.6 Å². The molecular weight excluding hydrogens is 345 g/mol. The Balaban J connectivity index is 1.62. The van der Waals surface area contributed by atoms with Gasteiger partial charge in [0.1, 0.15) is 5.82 Å². The van der Waals surface area contributed by atoms with E-state index >= 15 is 0 Å². The van der Waals surface area contributed by atoms with Crippen molar-refractivity contribution in [3.8, 4) is 22.3 Å². The smallest absolute Gasteiger partial charge is 0.166 e. The van der Waals surface area contributed by atoms with Crippen LogP contribution in [-0.2, 0) is 0 Å². The van der Waals surface area contributed by atoms with E-state index in [9.17, 15) is 13.2 Å². The number of hydrogen-bond donors (Lipinski definition) is 0. The molecule has 3 heteroatoms. The maximum absolute atomic E-state index is 14.7. The van der Waals surface area contributed by atoms with E-state index in [4.69, 9.17) is 0 Å². The molecule has 0 bridgehead atoms. The maximum Gasteiger partial charge on any atom is 0.166 e. The highest BCUT2D eigenvalue weighted by Gasteiger charge is 2.16. The van der Waals surface area contributed by atoms with Gasteiger partial charge in [0.25, 0.3) is 0 Å². The lowest BCUT2D eigenvalue weighted by Crippen LogP contribution is -2.04. The molecule has 3 aromatic carbocycles. The molecule has 0 saturated heterocycles. The molecule has 0 aromatic heterocycles. The van der Waals surface area contributed by atoms with Gasteiger partial charge in [-0.3, -0.25) is 0 Å². The lowest BCUT2D eigenvalue weighted by Gasteiger charge is -2.22. The van der Waals surface area contributed by atoms with Crippen LogP contribution >= 0.6 is 0 Å². The van der Waals surface area contributed by atoms with Crippen LogP contribution in [0.3, 0.4) is 0 Å². The lowest BCUT2D eigenvalue weighted by molar-refractivity contribution is 0.443. The van der Waals surface area contributed by atoms with Crippen molar-refractivity contribution in [3.05, 3.63) is 83.7 Å². The van der Waals surface area contributed by atoms with Crippen LogP contribution in [0.2, 0.25) is 0 Å². The predicted molar refractivity (Wildman–Crippen MR) is 103 cm³/mol. The lowest BCUT2D eigenvalue weighted by atomic mass is 9.83. The minimum Gasteiger partial charge on any atom is -0.206 e. The van der Waals surface area contributed by atoms with Crippen LogP contribution in [0.4, 0.5) is 13.2 Å². The highest BCUT2D eigenvalue weighted by Crippen LogP contribution is 2.35. The Morgan fingerprint density at radius 3 is 2.04 bits per heavy atom. The Morgan fingerprint density at radius 1 is 0.630 bits per heavy atom. The fraction of sp³-hybridized carbons (Fsp3) is 0.250. The molecule has 0 heterocycles. The van der Waals surface area contributed by atoms with Crippen LogP contribution < -0.4 is 0 Å². The van der Waals surface area contributed by atoms with Gasteiger partial charge in [-0.1, -0.05) is 67.8 Å². The summed E-state index contributed by atoms with van der Waals surface area (Å²) in [5.74, 6) is -1.73. The third-order valence-corrected chi connectivity index (χ3v) is 5.53. The van der Waals surface area contributed by atoms with Crippen molar-refractivity contribution in [3.63, 3.8) is 0 Å². The molecule has 0 amide bonds. The molecule has 0 atom stereocenters. The van der Waals surface area contributed by atoms with Gasteiger partial charge in [0, 0.05) is 11.1 Å². The Morgan fingerprint density at radius 2 is 1.33 bits per heavy atom. The highest BCUT2D eigenvalue weighted by molar-refractivity contribution is 5.71. The van der Waals surface area contributed by atoms with Crippen LogP contribution in [-0.4, -0.2) is 0 Å².